The van der Waals surface area contributed by atoms with Crippen molar-refractivity contribution < 1.29 is 13.2 Å². The van der Waals surface area contributed by atoms with E-state index in [1.54, 1.807) is 28.8 Å². The molecule has 0 radical (unpaired) electrons. The molecule has 3 rings (SSSR count). The number of carbonyl (C=O) groups excluding carboxylic acids is 1. The van der Waals surface area contributed by atoms with Gasteiger partial charge in [0.2, 0.25) is 5.91 Å². The van der Waals surface area contributed by atoms with Crippen LogP contribution in [0.3, 0.4) is 0 Å². The molecule has 0 bridgehead atoms. The standard InChI is InChI=1S/C19H20ClNO3S2/c20-16-6-8-17(9-7-16)26(23,24)18-10-11-21(12-18)19(22)14-25-13-15-4-2-1-3-5-15/h1-9,18H,10-14H2. The molecule has 1 heterocycles. The molecule has 1 atom stereocenters. The van der Waals surface area contributed by atoms with Crippen LogP contribution < -0.4 is 0 Å². The summed E-state index contributed by atoms with van der Waals surface area (Å²) in [6, 6.07) is 16.2. The Bertz CT molecular complexity index is 854. The van der Waals surface area contributed by atoms with E-state index in [-0.39, 0.29) is 17.3 Å². The molecule has 2 aromatic carbocycles. The minimum atomic E-state index is -3.44. The number of hydrogen-bond acceptors (Lipinski definition) is 4. The van der Waals surface area contributed by atoms with E-state index in [1.165, 1.54) is 17.7 Å². The third-order valence-electron chi connectivity index (χ3n) is 4.42. The van der Waals surface area contributed by atoms with Crippen LogP contribution in [-0.2, 0) is 20.4 Å². The molecule has 4 nitrogen and oxygen atoms in total. The van der Waals surface area contributed by atoms with Gasteiger partial charge >= 0.3 is 0 Å². The summed E-state index contributed by atoms with van der Waals surface area (Å²) in [5, 5.41) is -0.0469. The highest BCUT2D eigenvalue weighted by Gasteiger charge is 2.35. The number of sulfone groups is 1. The minimum absolute atomic E-state index is 0.000243. The topological polar surface area (TPSA) is 54.5 Å². The number of hydrogen-bond donors (Lipinski definition) is 0. The van der Waals surface area contributed by atoms with Crippen molar-refractivity contribution in [1.29, 1.82) is 0 Å². The predicted octanol–water partition coefficient (Wildman–Crippen LogP) is 3.65. The van der Waals surface area contributed by atoms with Crippen LogP contribution in [-0.4, -0.2) is 43.3 Å². The molecule has 0 saturated carbocycles. The van der Waals surface area contributed by atoms with Crippen LogP contribution in [0.25, 0.3) is 0 Å². The van der Waals surface area contributed by atoms with E-state index < -0.39 is 15.1 Å². The second-order valence-corrected chi connectivity index (χ2v) is 9.88. The van der Waals surface area contributed by atoms with Crippen molar-refractivity contribution in [2.45, 2.75) is 22.3 Å². The van der Waals surface area contributed by atoms with Gasteiger partial charge in [-0.05, 0) is 36.2 Å². The fourth-order valence-electron chi connectivity index (χ4n) is 2.95. The molecule has 1 amide bonds. The van der Waals surface area contributed by atoms with E-state index in [2.05, 4.69) is 0 Å². The fourth-order valence-corrected chi connectivity index (χ4v) is 5.65. The smallest absolute Gasteiger partial charge is 0.232 e. The Morgan fingerprint density at radius 1 is 1.12 bits per heavy atom. The first-order valence-electron chi connectivity index (χ1n) is 8.36. The normalized spacial score (nSPS) is 17.4. The van der Waals surface area contributed by atoms with Gasteiger partial charge in [-0.1, -0.05) is 41.9 Å². The van der Waals surface area contributed by atoms with Gasteiger partial charge in [0, 0.05) is 23.9 Å². The van der Waals surface area contributed by atoms with Crippen LogP contribution in [0.5, 0.6) is 0 Å². The molecule has 1 unspecified atom stereocenters. The molecule has 26 heavy (non-hydrogen) atoms. The molecular weight excluding hydrogens is 390 g/mol. The molecular formula is C19H20ClNO3S2. The summed E-state index contributed by atoms with van der Waals surface area (Å²) in [6.07, 6.45) is 0.472. The Morgan fingerprint density at radius 2 is 1.81 bits per heavy atom. The van der Waals surface area contributed by atoms with Gasteiger partial charge in [0.15, 0.2) is 9.84 Å². The van der Waals surface area contributed by atoms with Crippen LogP contribution in [0, 0.1) is 0 Å². The van der Waals surface area contributed by atoms with Crippen molar-refractivity contribution in [3.05, 3.63) is 65.2 Å². The first-order valence-corrected chi connectivity index (χ1v) is 11.4. The van der Waals surface area contributed by atoms with Crippen molar-refractivity contribution in [2.75, 3.05) is 18.8 Å². The number of benzene rings is 2. The Morgan fingerprint density at radius 3 is 2.50 bits per heavy atom. The summed E-state index contributed by atoms with van der Waals surface area (Å²) in [6.45, 7) is 0.748. The molecule has 0 N–H and O–H groups in total. The van der Waals surface area contributed by atoms with Crippen molar-refractivity contribution in [1.82, 2.24) is 4.90 Å². The maximum atomic E-state index is 12.7. The lowest BCUT2D eigenvalue weighted by Gasteiger charge is -2.16. The highest BCUT2D eigenvalue weighted by molar-refractivity contribution is 7.99. The fraction of sp³-hybridized carbons (Fsp3) is 0.316. The zero-order chi connectivity index (χ0) is 18.6. The van der Waals surface area contributed by atoms with Gasteiger partial charge in [-0.25, -0.2) is 8.42 Å². The molecule has 0 spiro atoms. The van der Waals surface area contributed by atoms with E-state index in [0.29, 0.717) is 23.7 Å². The molecule has 7 heteroatoms. The van der Waals surface area contributed by atoms with Crippen LogP contribution in [0.4, 0.5) is 0 Å². The first-order chi connectivity index (χ1) is 12.5. The third-order valence-corrected chi connectivity index (χ3v) is 7.85. The lowest BCUT2D eigenvalue weighted by molar-refractivity contribution is -0.127. The highest BCUT2D eigenvalue weighted by atomic mass is 35.5. The van der Waals surface area contributed by atoms with Gasteiger partial charge in [-0.15, -0.1) is 11.8 Å². The van der Waals surface area contributed by atoms with E-state index >= 15 is 0 Å². The molecule has 138 valence electrons. The molecule has 1 aliphatic heterocycles. The Hall–Kier alpha value is -1.50. The van der Waals surface area contributed by atoms with Gasteiger partial charge in [-0.2, -0.15) is 0 Å². The molecule has 0 aliphatic carbocycles. The number of nitrogens with zero attached hydrogens (tertiary/aromatic N) is 1. The van der Waals surface area contributed by atoms with E-state index in [4.69, 9.17) is 11.6 Å². The van der Waals surface area contributed by atoms with Crippen molar-refractivity contribution in [3.63, 3.8) is 0 Å². The summed E-state index contributed by atoms with van der Waals surface area (Å²) < 4.78 is 25.5. The largest absolute Gasteiger partial charge is 0.341 e. The molecule has 1 saturated heterocycles. The lowest BCUT2D eigenvalue weighted by Crippen LogP contribution is -2.33. The molecule has 1 aliphatic rings. The van der Waals surface area contributed by atoms with Crippen LogP contribution in [0.1, 0.15) is 12.0 Å². The Labute approximate surface area is 163 Å². The maximum Gasteiger partial charge on any atom is 0.232 e. The van der Waals surface area contributed by atoms with Gasteiger partial charge in [0.05, 0.1) is 15.9 Å². The van der Waals surface area contributed by atoms with Crippen LogP contribution >= 0.6 is 23.4 Å². The van der Waals surface area contributed by atoms with Crippen molar-refractivity contribution >= 4 is 39.1 Å². The van der Waals surface area contributed by atoms with Crippen LogP contribution in [0.2, 0.25) is 5.02 Å². The first kappa shape index (κ1) is 19.3. The second-order valence-electron chi connectivity index (χ2n) is 6.23. The zero-order valence-electron chi connectivity index (χ0n) is 14.2. The monoisotopic (exact) mass is 409 g/mol. The quantitative estimate of drug-likeness (QED) is 0.730. The Balaban J connectivity index is 1.54. The van der Waals surface area contributed by atoms with Gasteiger partial charge in [-0.3, -0.25) is 4.79 Å². The average Bonchev–Trinajstić information content (AvgIpc) is 3.14. The molecule has 2 aromatic rings. The van der Waals surface area contributed by atoms with Crippen LogP contribution in [0.15, 0.2) is 59.5 Å². The summed E-state index contributed by atoms with van der Waals surface area (Å²) in [5.41, 5.74) is 1.18. The summed E-state index contributed by atoms with van der Waals surface area (Å²) >= 11 is 7.38. The number of carbonyl (C=O) groups is 1. The summed E-state index contributed by atoms with van der Waals surface area (Å²) in [7, 11) is -3.44. The maximum absolute atomic E-state index is 12.7. The number of halogens is 1. The highest BCUT2D eigenvalue weighted by Crippen LogP contribution is 2.25. The Kier molecular flexibility index (Phi) is 6.27. The predicted molar refractivity (Wildman–Crippen MR) is 106 cm³/mol. The SMILES string of the molecule is O=C(CSCc1ccccc1)N1CCC(S(=O)(=O)c2ccc(Cl)cc2)C1. The number of rotatable bonds is 6. The van der Waals surface area contributed by atoms with E-state index in [9.17, 15) is 13.2 Å². The van der Waals surface area contributed by atoms with E-state index in [0.717, 1.165) is 5.75 Å². The minimum Gasteiger partial charge on any atom is -0.341 e. The van der Waals surface area contributed by atoms with Gasteiger partial charge < -0.3 is 4.90 Å². The lowest BCUT2D eigenvalue weighted by atomic mass is 10.2. The van der Waals surface area contributed by atoms with Gasteiger partial charge in [0.25, 0.3) is 0 Å². The third kappa shape index (κ3) is 4.61. The number of thioether (sulfide) groups is 1. The summed E-state index contributed by atoms with van der Waals surface area (Å²) in [5.74, 6) is 1.13. The van der Waals surface area contributed by atoms with Crippen molar-refractivity contribution in [3.8, 4) is 0 Å². The average molecular weight is 410 g/mol. The number of likely N-dealkylation sites (tertiary alicyclic amines) is 1. The second kappa shape index (κ2) is 8.46. The van der Waals surface area contributed by atoms with E-state index in [1.807, 2.05) is 30.3 Å². The molecule has 1 fully saturated rings. The number of amides is 1. The molecule has 0 aromatic heterocycles. The van der Waals surface area contributed by atoms with Gasteiger partial charge in [0.1, 0.15) is 0 Å². The summed E-state index contributed by atoms with van der Waals surface area (Å²) in [4.78, 5) is 14.3. The van der Waals surface area contributed by atoms with Crippen molar-refractivity contribution in [2.24, 2.45) is 0 Å². The zero-order valence-corrected chi connectivity index (χ0v) is 16.6.